The second-order valence-corrected chi connectivity index (χ2v) is 7.50. The molecule has 1 amide bonds. The lowest BCUT2D eigenvalue weighted by Crippen LogP contribution is -2.15. The Morgan fingerprint density at radius 1 is 1.19 bits per heavy atom. The van der Waals surface area contributed by atoms with Crippen LogP contribution in [-0.2, 0) is 17.5 Å². The quantitative estimate of drug-likeness (QED) is 0.443. The minimum atomic E-state index is -4.52. The number of thiophene rings is 1. The van der Waals surface area contributed by atoms with Gasteiger partial charge in [-0.25, -0.2) is 9.78 Å². The third kappa shape index (κ3) is 4.17. The molecule has 31 heavy (non-hydrogen) atoms. The average Bonchev–Trinajstić information content (AvgIpc) is 3.47. The summed E-state index contributed by atoms with van der Waals surface area (Å²) in [7, 11) is 1.23. The zero-order chi connectivity index (χ0) is 22.2. The number of methoxy groups -OCH3 is 1. The Kier molecular flexibility index (Phi) is 5.27. The van der Waals surface area contributed by atoms with Gasteiger partial charge in [-0.3, -0.25) is 10.1 Å². The van der Waals surface area contributed by atoms with E-state index >= 15 is 0 Å². The number of hydrogen-bond acceptors (Lipinski definition) is 6. The third-order valence-electron chi connectivity index (χ3n) is 4.41. The smallest absolute Gasteiger partial charge is 0.416 e. The monoisotopic (exact) mass is 449 g/mol. The Morgan fingerprint density at radius 2 is 1.97 bits per heavy atom. The van der Waals surface area contributed by atoms with Gasteiger partial charge >= 0.3 is 12.1 Å². The van der Waals surface area contributed by atoms with Crippen molar-refractivity contribution in [2.75, 3.05) is 12.4 Å². The van der Waals surface area contributed by atoms with E-state index in [0.29, 0.717) is 11.3 Å². The molecule has 1 N–H and O–H groups in total. The van der Waals surface area contributed by atoms with Gasteiger partial charge in [0.1, 0.15) is 10.6 Å². The highest BCUT2D eigenvalue weighted by Gasteiger charge is 2.31. The van der Waals surface area contributed by atoms with Crippen molar-refractivity contribution in [1.29, 1.82) is 0 Å². The number of nitrogens with one attached hydrogen (secondary N) is 1. The minimum Gasteiger partial charge on any atom is -0.467 e. The Hall–Kier alpha value is -3.60. The van der Waals surface area contributed by atoms with Crippen LogP contribution in [0, 0.1) is 0 Å². The van der Waals surface area contributed by atoms with E-state index < -0.39 is 23.6 Å². The minimum absolute atomic E-state index is 0.0451. The summed E-state index contributed by atoms with van der Waals surface area (Å²) in [6, 6.07) is 9.45. The lowest BCUT2D eigenvalue weighted by atomic mass is 10.2. The maximum atomic E-state index is 13.1. The van der Waals surface area contributed by atoms with Crippen LogP contribution in [0.25, 0.3) is 11.0 Å². The molecule has 0 saturated heterocycles. The SMILES string of the molecule is COC(=O)c1ccc(C(=O)Nc2nc3cc(C(F)(F)F)ccc3n2Cc2ccco2)s1. The van der Waals surface area contributed by atoms with E-state index in [1.54, 1.807) is 16.7 Å². The van der Waals surface area contributed by atoms with Crippen molar-refractivity contribution >= 4 is 40.2 Å². The molecule has 0 saturated carbocycles. The fraction of sp³-hybridized carbons (Fsp3) is 0.150. The molecule has 1 aromatic carbocycles. The van der Waals surface area contributed by atoms with E-state index in [1.807, 2.05) is 0 Å². The van der Waals surface area contributed by atoms with Gasteiger partial charge in [0.2, 0.25) is 5.95 Å². The average molecular weight is 449 g/mol. The number of nitrogens with zero attached hydrogens (tertiary/aromatic N) is 2. The van der Waals surface area contributed by atoms with Crippen LogP contribution in [-0.4, -0.2) is 28.5 Å². The van der Waals surface area contributed by atoms with Crippen LogP contribution in [0.4, 0.5) is 19.1 Å². The van der Waals surface area contributed by atoms with Crippen LogP contribution in [0.3, 0.4) is 0 Å². The predicted octanol–water partition coefficient (Wildman–Crippen LogP) is 4.80. The van der Waals surface area contributed by atoms with E-state index in [0.717, 1.165) is 23.5 Å². The van der Waals surface area contributed by atoms with Gasteiger partial charge in [0.25, 0.3) is 5.91 Å². The zero-order valence-electron chi connectivity index (χ0n) is 15.9. The molecule has 0 fully saturated rings. The number of rotatable bonds is 5. The molecule has 4 rings (SSSR count). The molecule has 0 atom stereocenters. The summed E-state index contributed by atoms with van der Waals surface area (Å²) in [5.74, 6) is -0.566. The number of halogens is 3. The molecule has 4 aromatic rings. The molecule has 0 unspecified atom stereocenters. The van der Waals surface area contributed by atoms with Crippen molar-refractivity contribution in [3.8, 4) is 0 Å². The molecule has 3 aromatic heterocycles. The number of fused-ring (bicyclic) bond motifs is 1. The van der Waals surface area contributed by atoms with Gasteiger partial charge in [-0.15, -0.1) is 11.3 Å². The van der Waals surface area contributed by atoms with Crippen LogP contribution in [0.2, 0.25) is 0 Å². The summed E-state index contributed by atoms with van der Waals surface area (Å²) in [6.45, 7) is 0.141. The molecular formula is C20H14F3N3O4S. The van der Waals surface area contributed by atoms with Crippen molar-refractivity contribution in [3.05, 3.63) is 69.8 Å². The lowest BCUT2D eigenvalue weighted by Gasteiger charge is -2.09. The van der Waals surface area contributed by atoms with Crippen molar-refractivity contribution in [3.63, 3.8) is 0 Å². The number of aromatic nitrogens is 2. The molecule has 0 spiro atoms. The van der Waals surface area contributed by atoms with Gasteiger partial charge in [-0.05, 0) is 42.5 Å². The van der Waals surface area contributed by atoms with E-state index in [2.05, 4.69) is 15.0 Å². The summed E-state index contributed by atoms with van der Waals surface area (Å²) in [5.41, 5.74) is -0.388. The number of hydrogen-bond donors (Lipinski definition) is 1. The summed E-state index contributed by atoms with van der Waals surface area (Å²) in [5, 5.41) is 2.61. The van der Waals surface area contributed by atoms with Gasteiger partial charge in [-0.1, -0.05) is 0 Å². The second-order valence-electron chi connectivity index (χ2n) is 6.41. The predicted molar refractivity (Wildman–Crippen MR) is 106 cm³/mol. The zero-order valence-corrected chi connectivity index (χ0v) is 16.7. The van der Waals surface area contributed by atoms with Crippen molar-refractivity contribution in [2.24, 2.45) is 0 Å². The summed E-state index contributed by atoms with van der Waals surface area (Å²) in [6.07, 6.45) is -3.06. The number of benzene rings is 1. The highest BCUT2D eigenvalue weighted by atomic mass is 32.1. The molecule has 0 aliphatic rings. The number of alkyl halides is 3. The fourth-order valence-electron chi connectivity index (χ4n) is 2.95. The number of esters is 1. The normalized spacial score (nSPS) is 11.6. The Labute approximate surface area is 177 Å². The first-order valence-corrected chi connectivity index (χ1v) is 9.67. The van der Waals surface area contributed by atoms with Gasteiger partial charge in [0.15, 0.2) is 0 Å². The largest absolute Gasteiger partial charge is 0.467 e. The van der Waals surface area contributed by atoms with Crippen molar-refractivity contribution in [1.82, 2.24) is 9.55 Å². The Bertz CT molecular complexity index is 1260. The third-order valence-corrected chi connectivity index (χ3v) is 5.48. The van der Waals surface area contributed by atoms with Crippen LogP contribution in [0.1, 0.15) is 30.7 Å². The topological polar surface area (TPSA) is 86.4 Å². The first-order valence-electron chi connectivity index (χ1n) is 8.85. The van der Waals surface area contributed by atoms with Gasteiger partial charge in [-0.2, -0.15) is 13.2 Å². The molecule has 0 bridgehead atoms. The molecule has 11 heteroatoms. The number of furan rings is 1. The number of amides is 1. The molecule has 0 radical (unpaired) electrons. The molecule has 3 heterocycles. The van der Waals surface area contributed by atoms with Crippen molar-refractivity contribution < 1.29 is 31.9 Å². The number of anilines is 1. The lowest BCUT2D eigenvalue weighted by molar-refractivity contribution is -0.137. The van der Waals surface area contributed by atoms with Gasteiger partial charge < -0.3 is 13.7 Å². The maximum absolute atomic E-state index is 13.1. The number of imidazole rings is 1. The van der Waals surface area contributed by atoms with Crippen LogP contribution in [0.5, 0.6) is 0 Å². The van der Waals surface area contributed by atoms with Crippen LogP contribution < -0.4 is 5.32 Å². The van der Waals surface area contributed by atoms with Crippen LogP contribution >= 0.6 is 11.3 Å². The van der Waals surface area contributed by atoms with E-state index in [-0.39, 0.29) is 27.8 Å². The highest BCUT2D eigenvalue weighted by Crippen LogP contribution is 2.32. The highest BCUT2D eigenvalue weighted by molar-refractivity contribution is 7.16. The van der Waals surface area contributed by atoms with Gasteiger partial charge in [0, 0.05) is 0 Å². The first-order chi connectivity index (χ1) is 14.8. The van der Waals surface area contributed by atoms with E-state index in [9.17, 15) is 22.8 Å². The number of carbonyl (C=O) groups is 2. The first kappa shape index (κ1) is 20.7. The number of carbonyl (C=O) groups excluding carboxylic acids is 2. The Balaban J connectivity index is 1.71. The molecular weight excluding hydrogens is 435 g/mol. The second kappa shape index (κ2) is 7.91. The number of ether oxygens (including phenoxy) is 1. The molecule has 160 valence electrons. The van der Waals surface area contributed by atoms with Crippen LogP contribution in [0.15, 0.2) is 53.1 Å². The molecule has 0 aliphatic carbocycles. The summed E-state index contributed by atoms with van der Waals surface area (Å²) in [4.78, 5) is 28.9. The maximum Gasteiger partial charge on any atom is 0.416 e. The molecule has 0 aliphatic heterocycles. The molecule has 7 nitrogen and oxygen atoms in total. The van der Waals surface area contributed by atoms with Crippen molar-refractivity contribution in [2.45, 2.75) is 12.7 Å². The summed E-state index contributed by atoms with van der Waals surface area (Å²) < 4.78 is 50.8. The standard InChI is InChI=1S/C20H14F3N3O4S/c1-29-18(28)16-7-6-15(31-16)17(27)25-19-24-13-9-11(20(21,22)23)4-5-14(13)26(19)10-12-3-2-8-30-12/h2-9H,10H2,1H3,(H,24,25,27). The summed E-state index contributed by atoms with van der Waals surface area (Å²) >= 11 is 0.926. The van der Waals surface area contributed by atoms with E-state index in [4.69, 9.17) is 4.42 Å². The van der Waals surface area contributed by atoms with Gasteiger partial charge in [0.05, 0.1) is 41.4 Å². The fourth-order valence-corrected chi connectivity index (χ4v) is 3.77. The Morgan fingerprint density at radius 3 is 2.65 bits per heavy atom. The van der Waals surface area contributed by atoms with E-state index in [1.165, 1.54) is 31.6 Å².